The van der Waals surface area contributed by atoms with E-state index in [1.807, 2.05) is 0 Å². The Balaban J connectivity index is 1.92. The summed E-state index contributed by atoms with van der Waals surface area (Å²) in [4.78, 5) is 6.87. The Morgan fingerprint density at radius 1 is 1.50 bits per heavy atom. The number of hydrogen-bond donors (Lipinski definition) is 1. The maximum absolute atomic E-state index is 5.62. The second-order valence-electron chi connectivity index (χ2n) is 5.55. The Hall–Kier alpha value is -1.03. The molecule has 4 nitrogen and oxygen atoms in total. The maximum Gasteiger partial charge on any atom is 0.297 e. The van der Waals surface area contributed by atoms with Gasteiger partial charge in [0.2, 0.25) is 0 Å². The molecule has 1 aromatic rings. The molecule has 0 spiro atoms. The van der Waals surface area contributed by atoms with Crippen LogP contribution in [0.5, 0.6) is 0 Å². The van der Waals surface area contributed by atoms with Crippen molar-refractivity contribution in [2.24, 2.45) is 5.92 Å². The Bertz CT molecular complexity index is 358. The summed E-state index contributed by atoms with van der Waals surface area (Å²) in [5, 5.41) is 3.36. The number of nitrogens with one attached hydrogen (secondary N) is 1. The van der Waals surface area contributed by atoms with Crippen molar-refractivity contribution >= 4 is 6.01 Å². The van der Waals surface area contributed by atoms with Crippen LogP contribution in [-0.2, 0) is 6.54 Å². The minimum atomic E-state index is 0.475. The van der Waals surface area contributed by atoms with Crippen molar-refractivity contribution in [2.75, 3.05) is 18.0 Å². The van der Waals surface area contributed by atoms with E-state index in [4.69, 9.17) is 4.42 Å². The Labute approximate surface area is 110 Å². The molecule has 0 bridgehead atoms. The van der Waals surface area contributed by atoms with Crippen molar-refractivity contribution in [3.05, 3.63) is 12.0 Å². The van der Waals surface area contributed by atoms with Gasteiger partial charge in [0.05, 0.1) is 5.69 Å². The molecular weight excluding hydrogens is 226 g/mol. The summed E-state index contributed by atoms with van der Waals surface area (Å²) in [5.41, 5.74) is 0.996. The molecule has 0 radical (unpaired) electrons. The van der Waals surface area contributed by atoms with E-state index in [1.54, 1.807) is 6.26 Å². The van der Waals surface area contributed by atoms with Crippen molar-refractivity contribution in [3.8, 4) is 0 Å². The molecule has 1 heterocycles. The first-order valence-electron chi connectivity index (χ1n) is 7.11. The zero-order valence-electron chi connectivity index (χ0n) is 11.8. The molecule has 18 heavy (non-hydrogen) atoms. The topological polar surface area (TPSA) is 41.3 Å². The lowest BCUT2D eigenvalue weighted by Gasteiger charge is -2.19. The van der Waals surface area contributed by atoms with Crippen molar-refractivity contribution in [1.29, 1.82) is 0 Å². The molecule has 2 rings (SSSR count). The first-order chi connectivity index (χ1) is 8.69. The van der Waals surface area contributed by atoms with E-state index in [0.717, 1.165) is 43.7 Å². The average molecular weight is 251 g/mol. The highest BCUT2D eigenvalue weighted by Gasteiger charge is 2.26. The number of nitrogens with zero attached hydrogens (tertiary/aromatic N) is 2. The van der Waals surface area contributed by atoms with Gasteiger partial charge in [-0.3, -0.25) is 0 Å². The Morgan fingerprint density at radius 2 is 2.28 bits per heavy atom. The quantitative estimate of drug-likeness (QED) is 0.771. The number of aromatic nitrogens is 1. The van der Waals surface area contributed by atoms with Gasteiger partial charge in [-0.1, -0.05) is 20.8 Å². The third-order valence-corrected chi connectivity index (χ3v) is 3.17. The highest BCUT2D eigenvalue weighted by Crippen LogP contribution is 2.31. The van der Waals surface area contributed by atoms with Gasteiger partial charge in [0.1, 0.15) is 6.26 Å². The van der Waals surface area contributed by atoms with E-state index >= 15 is 0 Å². The molecule has 0 saturated heterocycles. The maximum atomic E-state index is 5.62. The van der Waals surface area contributed by atoms with Crippen molar-refractivity contribution < 1.29 is 4.42 Å². The molecule has 0 aliphatic heterocycles. The third kappa shape index (κ3) is 4.02. The van der Waals surface area contributed by atoms with Crippen LogP contribution in [0.2, 0.25) is 0 Å². The monoisotopic (exact) mass is 251 g/mol. The summed E-state index contributed by atoms with van der Waals surface area (Å²) in [7, 11) is 0. The lowest BCUT2D eigenvalue weighted by Crippen LogP contribution is -2.27. The summed E-state index contributed by atoms with van der Waals surface area (Å²) in [6, 6.07) is 1.27. The van der Waals surface area contributed by atoms with Crippen LogP contribution in [0.1, 0.15) is 45.7 Å². The molecular formula is C14H25N3O. The molecule has 1 fully saturated rings. The Kier molecular flexibility index (Phi) is 4.64. The van der Waals surface area contributed by atoms with Gasteiger partial charge in [-0.05, 0) is 25.2 Å². The van der Waals surface area contributed by atoms with Crippen LogP contribution < -0.4 is 10.2 Å². The van der Waals surface area contributed by atoms with Gasteiger partial charge in [0.15, 0.2) is 0 Å². The van der Waals surface area contributed by atoms with Gasteiger partial charge in [-0.15, -0.1) is 0 Å². The minimum Gasteiger partial charge on any atom is -0.432 e. The van der Waals surface area contributed by atoms with Gasteiger partial charge >= 0.3 is 0 Å². The van der Waals surface area contributed by atoms with Crippen LogP contribution in [0.4, 0.5) is 6.01 Å². The zero-order valence-corrected chi connectivity index (χ0v) is 11.8. The summed E-state index contributed by atoms with van der Waals surface area (Å²) in [6.07, 6.45) is 5.64. The molecule has 0 unspecified atom stereocenters. The van der Waals surface area contributed by atoms with Crippen LogP contribution in [0, 0.1) is 5.92 Å². The largest absolute Gasteiger partial charge is 0.432 e. The van der Waals surface area contributed by atoms with E-state index in [-0.39, 0.29) is 0 Å². The molecule has 1 saturated carbocycles. The highest BCUT2D eigenvalue weighted by atomic mass is 16.4. The van der Waals surface area contributed by atoms with Gasteiger partial charge in [0.25, 0.3) is 6.01 Å². The molecule has 0 amide bonds. The van der Waals surface area contributed by atoms with Gasteiger partial charge in [0, 0.05) is 25.7 Å². The normalized spacial score (nSPS) is 15.3. The van der Waals surface area contributed by atoms with Crippen molar-refractivity contribution in [2.45, 2.75) is 52.6 Å². The van der Waals surface area contributed by atoms with Crippen molar-refractivity contribution in [1.82, 2.24) is 10.3 Å². The first-order valence-corrected chi connectivity index (χ1v) is 7.11. The number of hydrogen-bond acceptors (Lipinski definition) is 4. The Morgan fingerprint density at radius 3 is 2.89 bits per heavy atom. The number of rotatable bonds is 8. The number of anilines is 1. The second-order valence-corrected chi connectivity index (χ2v) is 5.55. The van der Waals surface area contributed by atoms with Gasteiger partial charge < -0.3 is 14.6 Å². The highest BCUT2D eigenvalue weighted by molar-refractivity contribution is 5.27. The van der Waals surface area contributed by atoms with Crippen LogP contribution in [0.3, 0.4) is 0 Å². The first kappa shape index (κ1) is 13.4. The molecule has 4 heteroatoms. The fraction of sp³-hybridized carbons (Fsp3) is 0.786. The van der Waals surface area contributed by atoms with Crippen molar-refractivity contribution in [3.63, 3.8) is 0 Å². The van der Waals surface area contributed by atoms with E-state index in [1.165, 1.54) is 12.8 Å². The zero-order chi connectivity index (χ0) is 13.0. The minimum absolute atomic E-state index is 0.475. The summed E-state index contributed by atoms with van der Waals surface area (Å²) in [6.45, 7) is 9.39. The van der Waals surface area contributed by atoms with Gasteiger partial charge in [-0.25, -0.2) is 0 Å². The van der Waals surface area contributed by atoms with Crippen LogP contribution >= 0.6 is 0 Å². The average Bonchev–Trinajstić information content (AvgIpc) is 3.02. The predicted molar refractivity (Wildman–Crippen MR) is 73.7 cm³/mol. The van der Waals surface area contributed by atoms with Gasteiger partial charge in [-0.2, -0.15) is 4.98 Å². The van der Waals surface area contributed by atoms with E-state index in [2.05, 4.69) is 36.0 Å². The lowest BCUT2D eigenvalue weighted by molar-refractivity contribution is 0.521. The molecule has 0 atom stereocenters. The fourth-order valence-corrected chi connectivity index (χ4v) is 1.98. The fourth-order valence-electron chi connectivity index (χ4n) is 1.98. The van der Waals surface area contributed by atoms with E-state index < -0.39 is 0 Å². The molecule has 1 aromatic heterocycles. The van der Waals surface area contributed by atoms with E-state index in [0.29, 0.717) is 6.04 Å². The van der Waals surface area contributed by atoms with E-state index in [9.17, 15) is 0 Å². The number of oxazole rings is 1. The third-order valence-electron chi connectivity index (χ3n) is 3.17. The van der Waals surface area contributed by atoms with Crippen LogP contribution in [0.15, 0.2) is 10.7 Å². The summed E-state index contributed by atoms with van der Waals surface area (Å²) >= 11 is 0. The smallest absolute Gasteiger partial charge is 0.297 e. The molecule has 102 valence electrons. The summed E-state index contributed by atoms with van der Waals surface area (Å²) in [5.74, 6) is 0.862. The molecule has 1 N–H and O–H groups in total. The molecule has 0 aromatic carbocycles. The lowest BCUT2D eigenvalue weighted by atomic mass is 10.3. The standard InChI is InChI=1S/C14H25N3O/c1-4-7-17(9-12-5-6-12)14-16-13(10-18-14)8-15-11(2)3/h10-12,15H,4-9H2,1-3H3. The molecule has 1 aliphatic rings. The predicted octanol–water partition coefficient (Wildman–Crippen LogP) is 2.80. The molecule has 1 aliphatic carbocycles. The van der Waals surface area contributed by atoms with Crippen LogP contribution in [0.25, 0.3) is 0 Å². The second kappa shape index (κ2) is 6.23. The summed E-state index contributed by atoms with van der Waals surface area (Å²) < 4.78 is 5.62. The van der Waals surface area contributed by atoms with Crippen LogP contribution in [-0.4, -0.2) is 24.1 Å². The SMILES string of the molecule is CCCN(CC1CC1)c1nc(CNC(C)C)co1.